The average Bonchev–Trinajstić information content (AvgIpc) is 2.13. The number of rotatable bonds is 0. The first-order valence-corrected chi connectivity index (χ1v) is 7.56. The van der Waals surface area contributed by atoms with E-state index < -0.39 is 0 Å². The van der Waals surface area contributed by atoms with Gasteiger partial charge in [-0.15, -0.1) is 0 Å². The Hall–Kier alpha value is 0.480. The van der Waals surface area contributed by atoms with E-state index in [9.17, 15) is 0 Å². The van der Waals surface area contributed by atoms with Crippen molar-refractivity contribution in [3.8, 4) is 0 Å². The molecule has 0 N–H and O–H groups in total. The van der Waals surface area contributed by atoms with Crippen LogP contribution in [-0.2, 0) is 0 Å². The zero-order valence-corrected chi connectivity index (χ0v) is 12.3. The molecule has 0 radical (unpaired) electrons. The van der Waals surface area contributed by atoms with Crippen molar-refractivity contribution in [3.05, 3.63) is 0 Å². The highest BCUT2D eigenvalue weighted by Gasteiger charge is 2.24. The molecule has 0 aromatic carbocycles. The Morgan fingerprint density at radius 2 is 1.33 bits per heavy atom. The zero-order chi connectivity index (χ0) is 11.3. The SMILES string of the molecule is CC(C)(C)C1CCCCCC(Br)CCC1. The molecule has 2 unspecified atom stereocenters. The number of alkyl halides is 1. The van der Waals surface area contributed by atoms with Crippen molar-refractivity contribution in [1.82, 2.24) is 0 Å². The predicted octanol–water partition coefficient (Wildman–Crippen LogP) is 5.55. The Labute approximate surface area is 104 Å². The fourth-order valence-electron chi connectivity index (χ4n) is 2.67. The maximum Gasteiger partial charge on any atom is 0.0145 e. The summed E-state index contributed by atoms with van der Waals surface area (Å²) in [5.41, 5.74) is 0.515. The van der Waals surface area contributed by atoms with Crippen LogP contribution in [0, 0.1) is 11.3 Å². The topological polar surface area (TPSA) is 0 Å². The molecule has 90 valence electrons. The van der Waals surface area contributed by atoms with Crippen LogP contribution in [0.3, 0.4) is 0 Å². The van der Waals surface area contributed by atoms with Crippen LogP contribution in [0.1, 0.15) is 72.1 Å². The van der Waals surface area contributed by atoms with Crippen molar-refractivity contribution in [2.45, 2.75) is 77.0 Å². The van der Waals surface area contributed by atoms with Gasteiger partial charge in [0.1, 0.15) is 0 Å². The van der Waals surface area contributed by atoms with Crippen molar-refractivity contribution in [2.75, 3.05) is 0 Å². The van der Waals surface area contributed by atoms with E-state index >= 15 is 0 Å². The van der Waals surface area contributed by atoms with Crippen LogP contribution in [0.25, 0.3) is 0 Å². The molecule has 1 aliphatic carbocycles. The molecular formula is C14H27Br. The maximum absolute atomic E-state index is 3.80. The second-order valence-corrected chi connectivity index (χ2v) is 7.52. The van der Waals surface area contributed by atoms with Gasteiger partial charge in [-0.1, -0.05) is 62.4 Å². The summed E-state index contributed by atoms with van der Waals surface area (Å²) in [6, 6.07) is 0. The van der Waals surface area contributed by atoms with E-state index in [1.165, 1.54) is 51.4 Å². The van der Waals surface area contributed by atoms with Crippen LogP contribution in [0.15, 0.2) is 0 Å². The summed E-state index contributed by atoms with van der Waals surface area (Å²) in [5.74, 6) is 0.940. The van der Waals surface area contributed by atoms with E-state index in [2.05, 4.69) is 36.7 Å². The van der Waals surface area contributed by atoms with Gasteiger partial charge in [0.2, 0.25) is 0 Å². The molecule has 1 saturated carbocycles. The lowest BCUT2D eigenvalue weighted by molar-refractivity contribution is 0.199. The van der Waals surface area contributed by atoms with Gasteiger partial charge in [0, 0.05) is 4.83 Å². The van der Waals surface area contributed by atoms with Crippen LogP contribution >= 0.6 is 15.9 Å². The Kier molecular flexibility index (Phi) is 5.66. The summed E-state index contributed by atoms with van der Waals surface area (Å²) >= 11 is 3.80. The van der Waals surface area contributed by atoms with Crippen LogP contribution < -0.4 is 0 Å². The molecule has 0 saturated heterocycles. The summed E-state index contributed by atoms with van der Waals surface area (Å²) in [5, 5.41) is 0. The second kappa shape index (κ2) is 6.27. The lowest BCUT2D eigenvalue weighted by atomic mass is 9.74. The van der Waals surface area contributed by atoms with Crippen molar-refractivity contribution in [1.29, 1.82) is 0 Å². The lowest BCUT2D eigenvalue weighted by Gasteiger charge is -2.32. The molecule has 1 fully saturated rings. The Balaban J connectivity index is 2.44. The number of halogens is 1. The smallest absolute Gasteiger partial charge is 0.0145 e. The van der Waals surface area contributed by atoms with Crippen molar-refractivity contribution in [2.24, 2.45) is 11.3 Å². The third-order valence-corrected chi connectivity index (χ3v) is 4.78. The molecular weight excluding hydrogens is 248 g/mol. The minimum Gasteiger partial charge on any atom is -0.0891 e. The fraction of sp³-hybridized carbons (Fsp3) is 1.00. The van der Waals surface area contributed by atoms with Gasteiger partial charge in [0.25, 0.3) is 0 Å². The average molecular weight is 275 g/mol. The molecule has 0 amide bonds. The third-order valence-electron chi connectivity index (χ3n) is 3.86. The summed E-state index contributed by atoms with van der Waals surface area (Å²) in [4.78, 5) is 0.788. The van der Waals surface area contributed by atoms with Crippen LogP contribution in [0.4, 0.5) is 0 Å². The summed E-state index contributed by atoms with van der Waals surface area (Å²) in [6.45, 7) is 7.24. The zero-order valence-electron chi connectivity index (χ0n) is 10.7. The molecule has 0 nitrogen and oxygen atoms in total. The molecule has 15 heavy (non-hydrogen) atoms. The van der Waals surface area contributed by atoms with Gasteiger partial charge in [-0.3, -0.25) is 0 Å². The van der Waals surface area contributed by atoms with E-state index in [0.29, 0.717) is 5.41 Å². The van der Waals surface area contributed by atoms with Gasteiger partial charge >= 0.3 is 0 Å². The third kappa shape index (κ3) is 5.38. The Bertz CT molecular complexity index is 169. The quantitative estimate of drug-likeness (QED) is 0.509. The first-order valence-electron chi connectivity index (χ1n) is 6.64. The maximum atomic E-state index is 3.80. The highest BCUT2D eigenvalue weighted by molar-refractivity contribution is 9.09. The van der Waals surface area contributed by atoms with Crippen molar-refractivity contribution >= 4 is 15.9 Å². The van der Waals surface area contributed by atoms with Gasteiger partial charge in [0.15, 0.2) is 0 Å². The molecule has 0 heterocycles. The van der Waals surface area contributed by atoms with Gasteiger partial charge in [-0.05, 0) is 37.0 Å². The van der Waals surface area contributed by atoms with Gasteiger partial charge in [-0.2, -0.15) is 0 Å². The summed E-state index contributed by atoms with van der Waals surface area (Å²) in [6.07, 6.45) is 11.4. The standard InChI is InChI=1S/C14H27Br/c1-14(2,3)12-8-5-4-6-10-13(15)11-7-9-12/h12-13H,4-11H2,1-3H3. The van der Waals surface area contributed by atoms with E-state index in [1.54, 1.807) is 0 Å². The summed E-state index contributed by atoms with van der Waals surface area (Å²) in [7, 11) is 0. The molecule has 0 spiro atoms. The van der Waals surface area contributed by atoms with Gasteiger partial charge < -0.3 is 0 Å². The molecule has 0 aromatic rings. The molecule has 0 aromatic heterocycles. The van der Waals surface area contributed by atoms with E-state index in [1.807, 2.05) is 0 Å². The van der Waals surface area contributed by atoms with E-state index in [-0.39, 0.29) is 0 Å². The van der Waals surface area contributed by atoms with Crippen molar-refractivity contribution in [3.63, 3.8) is 0 Å². The van der Waals surface area contributed by atoms with E-state index in [0.717, 1.165) is 10.7 Å². The van der Waals surface area contributed by atoms with Crippen molar-refractivity contribution < 1.29 is 0 Å². The second-order valence-electron chi connectivity index (χ2n) is 6.23. The molecule has 1 rings (SSSR count). The molecule has 1 aliphatic rings. The minimum absolute atomic E-state index is 0.515. The number of hydrogen-bond donors (Lipinski definition) is 0. The van der Waals surface area contributed by atoms with Crippen LogP contribution in [-0.4, -0.2) is 4.83 Å². The Morgan fingerprint density at radius 1 is 0.800 bits per heavy atom. The first-order chi connectivity index (χ1) is 7.00. The molecule has 0 aliphatic heterocycles. The summed E-state index contributed by atoms with van der Waals surface area (Å²) < 4.78 is 0. The van der Waals surface area contributed by atoms with Gasteiger partial charge in [-0.25, -0.2) is 0 Å². The number of hydrogen-bond acceptors (Lipinski definition) is 0. The predicted molar refractivity (Wildman–Crippen MR) is 72.6 cm³/mol. The highest BCUT2D eigenvalue weighted by Crippen LogP contribution is 2.35. The molecule has 1 heteroatoms. The molecule has 2 atom stereocenters. The van der Waals surface area contributed by atoms with Gasteiger partial charge in [0.05, 0.1) is 0 Å². The monoisotopic (exact) mass is 274 g/mol. The first kappa shape index (κ1) is 13.5. The van der Waals surface area contributed by atoms with E-state index in [4.69, 9.17) is 0 Å². The highest BCUT2D eigenvalue weighted by atomic mass is 79.9. The molecule has 0 bridgehead atoms. The normalized spacial score (nSPS) is 31.2. The fourth-order valence-corrected chi connectivity index (χ4v) is 3.32. The Morgan fingerprint density at radius 3 is 2.00 bits per heavy atom. The van der Waals surface area contributed by atoms with Crippen LogP contribution in [0.5, 0.6) is 0 Å². The lowest BCUT2D eigenvalue weighted by Crippen LogP contribution is -2.21. The van der Waals surface area contributed by atoms with Crippen LogP contribution in [0.2, 0.25) is 0 Å². The largest absolute Gasteiger partial charge is 0.0891 e. The minimum atomic E-state index is 0.515.